The zero-order valence-corrected chi connectivity index (χ0v) is 13.3. The summed E-state index contributed by atoms with van der Waals surface area (Å²) in [6, 6.07) is 4.34. The Hall–Kier alpha value is 0.320. The van der Waals surface area contributed by atoms with Crippen molar-refractivity contribution >= 4 is 54.5 Å². The summed E-state index contributed by atoms with van der Waals surface area (Å²) in [6.45, 7) is 1.98. The molecular formula is C11H11Br2NS2. The van der Waals surface area contributed by atoms with Gasteiger partial charge in [-0.25, -0.2) is 0 Å². The van der Waals surface area contributed by atoms with E-state index in [2.05, 4.69) is 60.1 Å². The second kappa shape index (κ2) is 6.31. The first-order chi connectivity index (χ1) is 7.75. The van der Waals surface area contributed by atoms with E-state index < -0.39 is 0 Å². The molecule has 0 bridgehead atoms. The van der Waals surface area contributed by atoms with Gasteiger partial charge in [-0.15, -0.1) is 11.3 Å². The molecule has 0 saturated heterocycles. The van der Waals surface area contributed by atoms with Gasteiger partial charge in [-0.3, -0.25) is 0 Å². The van der Waals surface area contributed by atoms with E-state index in [-0.39, 0.29) is 0 Å². The monoisotopic (exact) mass is 379 g/mol. The molecule has 2 aromatic heterocycles. The number of rotatable bonds is 5. The van der Waals surface area contributed by atoms with Crippen LogP contribution in [0.25, 0.3) is 0 Å². The van der Waals surface area contributed by atoms with Gasteiger partial charge in [-0.1, -0.05) is 0 Å². The fourth-order valence-electron chi connectivity index (χ4n) is 1.36. The maximum atomic E-state index is 3.50. The Labute approximate surface area is 120 Å². The van der Waals surface area contributed by atoms with Crippen molar-refractivity contribution in [2.45, 2.75) is 13.0 Å². The third-order valence-corrected chi connectivity index (χ3v) is 6.15. The maximum Gasteiger partial charge on any atom is 0.0843 e. The SMILES string of the molecule is Brc1cc(CNCCc2ccsc2)sc1Br. The fourth-order valence-corrected chi connectivity index (χ4v) is 4.21. The first-order valence-electron chi connectivity index (χ1n) is 4.91. The third-order valence-electron chi connectivity index (χ3n) is 2.17. The molecule has 0 radical (unpaired) electrons. The van der Waals surface area contributed by atoms with Crippen molar-refractivity contribution in [1.29, 1.82) is 0 Å². The molecule has 2 heterocycles. The molecule has 2 aromatic rings. The average molecular weight is 381 g/mol. The Balaban J connectivity index is 1.72. The van der Waals surface area contributed by atoms with Gasteiger partial charge in [-0.05, 0) is 73.3 Å². The van der Waals surface area contributed by atoms with Gasteiger partial charge in [-0.2, -0.15) is 11.3 Å². The second-order valence-corrected chi connectivity index (χ2v) is 7.48. The van der Waals surface area contributed by atoms with Gasteiger partial charge in [0.2, 0.25) is 0 Å². The van der Waals surface area contributed by atoms with Crippen LogP contribution in [0.1, 0.15) is 10.4 Å². The Bertz CT molecular complexity index is 417. The molecule has 2 rings (SSSR count). The van der Waals surface area contributed by atoms with Gasteiger partial charge in [0.05, 0.1) is 3.79 Å². The lowest BCUT2D eigenvalue weighted by molar-refractivity contribution is 0.694. The Morgan fingerprint density at radius 1 is 1.31 bits per heavy atom. The predicted octanol–water partition coefficient (Wildman–Crippen LogP) is 4.67. The molecule has 0 saturated carbocycles. The minimum absolute atomic E-state index is 0.943. The lowest BCUT2D eigenvalue weighted by Gasteiger charge is -2.01. The largest absolute Gasteiger partial charge is 0.312 e. The van der Waals surface area contributed by atoms with E-state index in [0.717, 1.165) is 24.0 Å². The van der Waals surface area contributed by atoms with Gasteiger partial charge in [0.25, 0.3) is 0 Å². The van der Waals surface area contributed by atoms with Crippen molar-refractivity contribution < 1.29 is 0 Å². The van der Waals surface area contributed by atoms with Crippen LogP contribution >= 0.6 is 54.5 Å². The molecule has 0 aromatic carbocycles. The standard InChI is InChI=1S/C11H11Br2NS2/c12-10-5-9(16-11(10)13)6-14-3-1-8-2-4-15-7-8/h2,4-5,7,14H,1,3,6H2. The molecule has 0 aliphatic rings. The van der Waals surface area contributed by atoms with Gasteiger partial charge in [0.1, 0.15) is 0 Å². The van der Waals surface area contributed by atoms with E-state index in [1.165, 1.54) is 14.2 Å². The van der Waals surface area contributed by atoms with Crippen LogP contribution in [0, 0.1) is 0 Å². The van der Waals surface area contributed by atoms with Crippen molar-refractivity contribution in [2.75, 3.05) is 6.54 Å². The average Bonchev–Trinajstić information content (AvgIpc) is 2.85. The molecular weight excluding hydrogens is 370 g/mol. The Kier molecular flexibility index (Phi) is 5.03. The Morgan fingerprint density at radius 3 is 2.81 bits per heavy atom. The van der Waals surface area contributed by atoms with Crippen molar-refractivity contribution in [3.05, 3.63) is 41.6 Å². The number of nitrogens with one attached hydrogen (secondary N) is 1. The first-order valence-corrected chi connectivity index (χ1v) is 8.26. The van der Waals surface area contributed by atoms with Gasteiger partial charge in [0, 0.05) is 15.9 Å². The summed E-state index contributed by atoms with van der Waals surface area (Å²) in [5.41, 5.74) is 1.42. The zero-order valence-electron chi connectivity index (χ0n) is 8.50. The summed E-state index contributed by atoms with van der Waals surface area (Å²) in [6.07, 6.45) is 1.11. The maximum absolute atomic E-state index is 3.50. The summed E-state index contributed by atoms with van der Waals surface area (Å²) < 4.78 is 2.31. The lowest BCUT2D eigenvalue weighted by atomic mass is 10.2. The first kappa shape index (κ1) is 12.8. The topological polar surface area (TPSA) is 12.0 Å². The van der Waals surface area contributed by atoms with Crippen molar-refractivity contribution in [3.63, 3.8) is 0 Å². The van der Waals surface area contributed by atoms with Gasteiger partial charge in [0.15, 0.2) is 0 Å². The highest BCUT2D eigenvalue weighted by Gasteiger charge is 2.03. The molecule has 0 spiro atoms. The Morgan fingerprint density at radius 2 is 2.19 bits per heavy atom. The lowest BCUT2D eigenvalue weighted by Crippen LogP contribution is -2.15. The van der Waals surface area contributed by atoms with Crippen LogP contribution in [0.3, 0.4) is 0 Å². The van der Waals surface area contributed by atoms with Crippen LogP contribution in [-0.4, -0.2) is 6.54 Å². The van der Waals surface area contributed by atoms with E-state index in [9.17, 15) is 0 Å². The molecule has 0 unspecified atom stereocenters. The molecule has 0 aliphatic heterocycles. The fraction of sp³-hybridized carbons (Fsp3) is 0.273. The van der Waals surface area contributed by atoms with E-state index in [4.69, 9.17) is 0 Å². The molecule has 1 N–H and O–H groups in total. The third kappa shape index (κ3) is 3.67. The normalized spacial score (nSPS) is 10.9. The van der Waals surface area contributed by atoms with Crippen molar-refractivity contribution in [3.8, 4) is 0 Å². The smallest absolute Gasteiger partial charge is 0.0843 e. The van der Waals surface area contributed by atoms with Crippen LogP contribution in [-0.2, 0) is 13.0 Å². The van der Waals surface area contributed by atoms with E-state index in [1.54, 1.807) is 22.7 Å². The minimum Gasteiger partial charge on any atom is -0.312 e. The summed E-state index contributed by atoms with van der Waals surface area (Å²) >= 11 is 10.5. The van der Waals surface area contributed by atoms with E-state index in [1.807, 2.05) is 0 Å². The number of thiophene rings is 2. The van der Waals surface area contributed by atoms with Gasteiger partial charge >= 0.3 is 0 Å². The molecule has 0 atom stereocenters. The van der Waals surface area contributed by atoms with E-state index >= 15 is 0 Å². The summed E-state index contributed by atoms with van der Waals surface area (Å²) in [5, 5.41) is 7.79. The molecule has 0 amide bonds. The van der Waals surface area contributed by atoms with Crippen molar-refractivity contribution in [2.24, 2.45) is 0 Å². The summed E-state index contributed by atoms with van der Waals surface area (Å²) in [7, 11) is 0. The van der Waals surface area contributed by atoms with Crippen molar-refractivity contribution in [1.82, 2.24) is 5.32 Å². The molecule has 16 heavy (non-hydrogen) atoms. The van der Waals surface area contributed by atoms with Gasteiger partial charge < -0.3 is 5.32 Å². The summed E-state index contributed by atoms with van der Waals surface area (Å²) in [5.74, 6) is 0. The minimum atomic E-state index is 0.943. The summed E-state index contributed by atoms with van der Waals surface area (Å²) in [4.78, 5) is 1.35. The number of hydrogen-bond acceptors (Lipinski definition) is 3. The van der Waals surface area contributed by atoms with Crippen LogP contribution in [0.15, 0.2) is 31.2 Å². The van der Waals surface area contributed by atoms with Crippen LogP contribution in [0.5, 0.6) is 0 Å². The highest BCUT2D eigenvalue weighted by atomic mass is 79.9. The number of halogens is 2. The highest BCUT2D eigenvalue weighted by Crippen LogP contribution is 2.32. The van der Waals surface area contributed by atoms with E-state index in [0.29, 0.717) is 0 Å². The molecule has 1 nitrogen and oxygen atoms in total. The molecule has 86 valence electrons. The molecule has 5 heteroatoms. The zero-order chi connectivity index (χ0) is 11.4. The van der Waals surface area contributed by atoms with Crippen LogP contribution < -0.4 is 5.32 Å². The quantitative estimate of drug-likeness (QED) is 0.743. The molecule has 0 aliphatic carbocycles. The highest BCUT2D eigenvalue weighted by molar-refractivity contribution is 9.13. The van der Waals surface area contributed by atoms with Crippen LogP contribution in [0.4, 0.5) is 0 Å². The molecule has 0 fully saturated rings. The second-order valence-electron chi connectivity index (χ2n) is 3.39. The predicted molar refractivity (Wildman–Crippen MR) is 79.4 cm³/mol. The van der Waals surface area contributed by atoms with Crippen LogP contribution in [0.2, 0.25) is 0 Å². The number of hydrogen-bond donors (Lipinski definition) is 1.